The zero-order chi connectivity index (χ0) is 39.7. The fourth-order valence-corrected chi connectivity index (χ4v) is 5.59. The van der Waals surface area contributed by atoms with Gasteiger partial charge in [-0.05, 0) is 32.1 Å². The second-order valence-electron chi connectivity index (χ2n) is 13.8. The zero-order valence-corrected chi connectivity index (χ0v) is 32.3. The molecule has 0 atom stereocenters. The summed E-state index contributed by atoms with van der Waals surface area (Å²) in [4.78, 5) is 62.2. The van der Waals surface area contributed by atoms with Crippen molar-refractivity contribution in [2.24, 2.45) is 5.92 Å². The number of carboxylic acids is 6. The van der Waals surface area contributed by atoms with Crippen LogP contribution in [0, 0.1) is 5.92 Å². The maximum atomic E-state index is 10.6. The van der Waals surface area contributed by atoms with Crippen molar-refractivity contribution in [3.05, 3.63) is 0 Å². The van der Waals surface area contributed by atoms with Gasteiger partial charge in [-0.25, -0.2) is 0 Å². The molecular weight excluding hydrogens is 672 g/mol. The molecule has 0 aromatic carbocycles. The highest BCUT2D eigenvalue weighted by molar-refractivity contribution is 5.92. The smallest absolute Gasteiger partial charge is 0.317 e. The highest BCUT2D eigenvalue weighted by atomic mass is 16.4. The molecule has 12 nitrogen and oxygen atoms in total. The van der Waals surface area contributed by atoms with Crippen LogP contribution in [0.3, 0.4) is 0 Å². The second-order valence-corrected chi connectivity index (χ2v) is 13.8. The van der Waals surface area contributed by atoms with Gasteiger partial charge in [0.15, 0.2) is 5.92 Å². The molecule has 0 saturated heterocycles. The second kappa shape index (κ2) is 42.2. The van der Waals surface area contributed by atoms with E-state index in [9.17, 15) is 28.8 Å². The molecule has 306 valence electrons. The molecule has 0 aromatic heterocycles. The SMILES string of the molecule is CCCCCCCCCCC(C(=O)O)C(=O)O.O=C(O)CCCCCCCCCCCC(=O)O.O=C(O)CCCCCCCCCCCCC(=O)O. The van der Waals surface area contributed by atoms with Gasteiger partial charge < -0.3 is 30.6 Å². The van der Waals surface area contributed by atoms with Gasteiger partial charge in [-0.15, -0.1) is 0 Å². The van der Waals surface area contributed by atoms with E-state index in [0.717, 1.165) is 89.9 Å². The van der Waals surface area contributed by atoms with Crippen LogP contribution in [0.2, 0.25) is 0 Å². The molecule has 52 heavy (non-hydrogen) atoms. The van der Waals surface area contributed by atoms with Crippen LogP contribution in [-0.2, 0) is 28.8 Å². The lowest BCUT2D eigenvalue weighted by Gasteiger charge is -2.06. The molecule has 0 aliphatic rings. The van der Waals surface area contributed by atoms with Gasteiger partial charge in [0, 0.05) is 25.7 Å². The summed E-state index contributed by atoms with van der Waals surface area (Å²) in [6, 6.07) is 0. The fraction of sp³-hybridized carbons (Fsp3) is 0.850. The number of carbonyl (C=O) groups is 6. The minimum atomic E-state index is -1.23. The largest absolute Gasteiger partial charge is 0.481 e. The summed E-state index contributed by atoms with van der Waals surface area (Å²) < 4.78 is 0. The highest BCUT2D eigenvalue weighted by Gasteiger charge is 2.24. The minimum Gasteiger partial charge on any atom is -0.481 e. The molecule has 0 heterocycles. The Balaban J connectivity index is -0.000000693. The van der Waals surface area contributed by atoms with E-state index in [1.54, 1.807) is 0 Å². The summed E-state index contributed by atoms with van der Waals surface area (Å²) in [5.41, 5.74) is 0. The Kier molecular flexibility index (Phi) is 43.2. The normalized spacial score (nSPS) is 10.5. The summed E-state index contributed by atoms with van der Waals surface area (Å²) in [5.74, 6) is -6.48. The quantitative estimate of drug-likeness (QED) is 0.0260. The molecule has 0 radical (unpaired) electrons. The first-order valence-electron chi connectivity index (χ1n) is 20.2. The monoisotopic (exact) mass is 747 g/mol. The minimum absolute atomic E-state index is 0.250. The first-order valence-corrected chi connectivity index (χ1v) is 20.2. The first kappa shape index (κ1) is 53.2. The van der Waals surface area contributed by atoms with E-state index < -0.39 is 41.7 Å². The number of rotatable bonds is 36. The molecule has 0 spiro atoms. The predicted molar refractivity (Wildman–Crippen MR) is 203 cm³/mol. The van der Waals surface area contributed by atoms with Crippen LogP contribution in [0.5, 0.6) is 0 Å². The Morgan fingerprint density at radius 3 is 0.692 bits per heavy atom. The topological polar surface area (TPSA) is 224 Å². The van der Waals surface area contributed by atoms with E-state index in [0.29, 0.717) is 19.3 Å². The molecule has 0 rings (SSSR count). The van der Waals surface area contributed by atoms with Gasteiger partial charge in [-0.2, -0.15) is 0 Å². The van der Waals surface area contributed by atoms with E-state index in [1.807, 2.05) is 0 Å². The van der Waals surface area contributed by atoms with Crippen molar-refractivity contribution in [1.82, 2.24) is 0 Å². The van der Waals surface area contributed by atoms with Crippen molar-refractivity contribution in [3.63, 3.8) is 0 Å². The number of hydrogen-bond acceptors (Lipinski definition) is 6. The standard InChI is InChI=1S/C14H26O4.2C13H24O4/c15-13(16)11-9-7-5-3-1-2-4-6-8-10-12-14(17)18;1-2-3-4-5-6-7-8-9-10-11(12(14)15)13(16)17;14-12(15)10-8-6-4-2-1-3-5-7-9-11-13(16)17/h1-12H2,(H,15,16)(H,17,18);11H,2-10H2,1H3,(H,14,15)(H,16,17);1-11H2,(H,14,15)(H,16,17). The summed E-state index contributed by atoms with van der Waals surface area (Å²) in [6.07, 6.45) is 30.3. The van der Waals surface area contributed by atoms with Crippen LogP contribution >= 0.6 is 0 Å². The van der Waals surface area contributed by atoms with Gasteiger partial charge in [0.25, 0.3) is 0 Å². The van der Waals surface area contributed by atoms with Gasteiger partial charge in [-0.3, -0.25) is 28.8 Å². The van der Waals surface area contributed by atoms with Gasteiger partial charge in [-0.1, -0.05) is 155 Å². The molecule has 0 fully saturated rings. The third-order valence-corrected chi connectivity index (χ3v) is 8.76. The Morgan fingerprint density at radius 1 is 0.308 bits per heavy atom. The molecule has 12 heteroatoms. The van der Waals surface area contributed by atoms with Crippen LogP contribution in [0.15, 0.2) is 0 Å². The van der Waals surface area contributed by atoms with Crippen LogP contribution in [0.4, 0.5) is 0 Å². The van der Waals surface area contributed by atoms with Crippen LogP contribution < -0.4 is 0 Å². The highest BCUT2D eigenvalue weighted by Crippen LogP contribution is 2.15. The molecule has 6 N–H and O–H groups in total. The van der Waals surface area contributed by atoms with Gasteiger partial charge in [0.2, 0.25) is 0 Å². The lowest BCUT2D eigenvalue weighted by molar-refractivity contribution is -0.155. The zero-order valence-electron chi connectivity index (χ0n) is 32.3. The van der Waals surface area contributed by atoms with Crippen LogP contribution in [-0.4, -0.2) is 66.5 Å². The lowest BCUT2D eigenvalue weighted by atomic mass is 10.0. The molecule has 0 saturated carbocycles. The van der Waals surface area contributed by atoms with Crippen LogP contribution in [0.25, 0.3) is 0 Å². The van der Waals surface area contributed by atoms with Crippen LogP contribution in [0.1, 0.15) is 212 Å². The van der Waals surface area contributed by atoms with Crippen molar-refractivity contribution >= 4 is 35.8 Å². The maximum absolute atomic E-state index is 10.6. The maximum Gasteiger partial charge on any atom is 0.317 e. The van der Waals surface area contributed by atoms with E-state index in [4.69, 9.17) is 30.6 Å². The Hall–Kier alpha value is -3.18. The summed E-state index contributed by atoms with van der Waals surface area (Å²) in [6.45, 7) is 2.18. The fourth-order valence-electron chi connectivity index (χ4n) is 5.59. The average Bonchev–Trinajstić information content (AvgIpc) is 3.06. The van der Waals surface area contributed by atoms with E-state index in [2.05, 4.69) is 6.92 Å². The molecule has 0 aromatic rings. The van der Waals surface area contributed by atoms with Gasteiger partial charge in [0.05, 0.1) is 0 Å². The van der Waals surface area contributed by atoms with Crippen molar-refractivity contribution in [2.75, 3.05) is 0 Å². The molecule has 0 aliphatic carbocycles. The Bertz CT molecular complexity index is 830. The number of carboxylic acid groups (broad SMARTS) is 6. The van der Waals surface area contributed by atoms with Crippen molar-refractivity contribution < 1.29 is 59.4 Å². The van der Waals surface area contributed by atoms with Crippen molar-refractivity contribution in [3.8, 4) is 0 Å². The molecule has 0 aliphatic heterocycles. The van der Waals surface area contributed by atoms with E-state index in [-0.39, 0.29) is 19.3 Å². The number of unbranched alkanes of at least 4 members (excludes halogenated alkanes) is 24. The lowest BCUT2D eigenvalue weighted by Crippen LogP contribution is -2.23. The van der Waals surface area contributed by atoms with Gasteiger partial charge >= 0.3 is 35.8 Å². The first-order chi connectivity index (χ1) is 24.8. The molecule has 0 bridgehead atoms. The Morgan fingerprint density at radius 2 is 0.500 bits per heavy atom. The van der Waals surface area contributed by atoms with Gasteiger partial charge in [0.1, 0.15) is 0 Å². The summed E-state index contributed by atoms with van der Waals surface area (Å²) in [7, 11) is 0. The van der Waals surface area contributed by atoms with E-state index in [1.165, 1.54) is 77.0 Å². The van der Waals surface area contributed by atoms with E-state index >= 15 is 0 Å². The van der Waals surface area contributed by atoms with Crippen molar-refractivity contribution in [1.29, 1.82) is 0 Å². The number of aliphatic carboxylic acids is 6. The third-order valence-electron chi connectivity index (χ3n) is 8.76. The van der Waals surface area contributed by atoms with Crippen molar-refractivity contribution in [2.45, 2.75) is 212 Å². The Labute approximate surface area is 313 Å². The number of hydrogen-bond donors (Lipinski definition) is 6. The predicted octanol–water partition coefficient (Wildman–Crippen LogP) is 10.6. The molecule has 0 unspecified atom stereocenters. The molecular formula is C40H74O12. The third kappa shape index (κ3) is 51.2. The average molecular weight is 747 g/mol. The molecule has 0 amide bonds. The summed E-state index contributed by atoms with van der Waals surface area (Å²) in [5, 5.41) is 51.1. The summed E-state index contributed by atoms with van der Waals surface area (Å²) >= 11 is 0.